The van der Waals surface area contributed by atoms with Crippen molar-refractivity contribution in [3.05, 3.63) is 57.4 Å². The molecule has 0 atom stereocenters. The van der Waals surface area contributed by atoms with Crippen LogP contribution >= 0.6 is 22.9 Å². The van der Waals surface area contributed by atoms with Gasteiger partial charge < -0.3 is 4.84 Å². The van der Waals surface area contributed by atoms with Crippen molar-refractivity contribution in [3.8, 4) is 0 Å². The van der Waals surface area contributed by atoms with E-state index in [-0.39, 0.29) is 6.61 Å². The van der Waals surface area contributed by atoms with Crippen LogP contribution in [0.4, 0.5) is 0 Å². The smallest absolute Gasteiger partial charge is 0.192 e. The van der Waals surface area contributed by atoms with Crippen LogP contribution in [0.15, 0.2) is 35.7 Å². The minimum absolute atomic E-state index is 0.178. The van der Waals surface area contributed by atoms with Gasteiger partial charge in [-0.1, -0.05) is 35.0 Å². The van der Waals surface area contributed by atoms with Gasteiger partial charge in [0.25, 0.3) is 0 Å². The molecule has 0 radical (unpaired) electrons. The molecule has 7 nitrogen and oxygen atoms in total. The third kappa shape index (κ3) is 3.55. The minimum Gasteiger partial charge on any atom is -0.387 e. The van der Waals surface area contributed by atoms with Crippen LogP contribution < -0.4 is 0 Å². The fraction of sp³-hybridized carbons (Fsp3) is 0.333. The highest BCUT2D eigenvalue weighted by Gasteiger charge is 2.25. The van der Waals surface area contributed by atoms with Crippen LogP contribution in [-0.2, 0) is 24.4 Å². The number of hydrogen-bond acceptors (Lipinski definition) is 7. The lowest BCUT2D eigenvalue weighted by Gasteiger charge is -2.30. The van der Waals surface area contributed by atoms with E-state index in [1.807, 2.05) is 24.3 Å². The lowest BCUT2D eigenvalue weighted by atomic mass is 10.0. The first-order valence-corrected chi connectivity index (χ1v) is 11.1. The summed E-state index contributed by atoms with van der Waals surface area (Å²) < 4.78 is 1.74. The Morgan fingerprint density at radius 1 is 1.33 bits per heavy atom. The quantitative estimate of drug-likeness (QED) is 0.341. The highest BCUT2D eigenvalue weighted by molar-refractivity contribution is 7.19. The Labute approximate surface area is 182 Å². The number of oxime groups is 1. The summed E-state index contributed by atoms with van der Waals surface area (Å²) in [6.45, 7) is 6.69. The first-order chi connectivity index (χ1) is 14.6. The highest BCUT2D eigenvalue weighted by atomic mass is 35.5. The van der Waals surface area contributed by atoms with E-state index in [4.69, 9.17) is 21.4 Å². The van der Waals surface area contributed by atoms with E-state index in [0.717, 1.165) is 40.9 Å². The zero-order chi connectivity index (χ0) is 20.7. The topological polar surface area (TPSA) is 67.9 Å². The van der Waals surface area contributed by atoms with E-state index >= 15 is 0 Å². The van der Waals surface area contributed by atoms with Gasteiger partial charge in [0, 0.05) is 34.6 Å². The zero-order valence-corrected chi connectivity index (χ0v) is 18.3. The summed E-state index contributed by atoms with van der Waals surface area (Å²) in [5, 5.41) is 10.3. The van der Waals surface area contributed by atoms with Gasteiger partial charge in [-0.15, -0.1) is 16.4 Å². The summed E-state index contributed by atoms with van der Waals surface area (Å²) in [5.41, 5.74) is 3.00. The Morgan fingerprint density at radius 3 is 3.03 bits per heavy atom. The Balaban J connectivity index is 1.39. The van der Waals surface area contributed by atoms with Crippen molar-refractivity contribution in [1.29, 1.82) is 0 Å². The van der Waals surface area contributed by atoms with Gasteiger partial charge in [-0.05, 0) is 31.9 Å². The van der Waals surface area contributed by atoms with Gasteiger partial charge in [-0.25, -0.2) is 14.5 Å². The number of fused-ring (bicyclic) bond motifs is 5. The van der Waals surface area contributed by atoms with Crippen molar-refractivity contribution >= 4 is 45.0 Å². The molecule has 0 aliphatic carbocycles. The average molecular weight is 441 g/mol. The molecular weight excluding hydrogens is 420 g/mol. The Morgan fingerprint density at radius 2 is 2.20 bits per heavy atom. The van der Waals surface area contributed by atoms with E-state index in [1.165, 1.54) is 10.4 Å². The fourth-order valence-electron chi connectivity index (χ4n) is 3.73. The third-order valence-corrected chi connectivity index (χ3v) is 6.82. The molecule has 0 N–H and O–H groups in total. The van der Waals surface area contributed by atoms with Gasteiger partial charge >= 0.3 is 0 Å². The monoisotopic (exact) mass is 440 g/mol. The molecule has 4 aromatic rings. The van der Waals surface area contributed by atoms with Crippen LogP contribution in [0.1, 0.15) is 35.7 Å². The van der Waals surface area contributed by atoms with E-state index in [9.17, 15) is 0 Å². The van der Waals surface area contributed by atoms with E-state index in [0.29, 0.717) is 16.9 Å². The first kappa shape index (κ1) is 19.4. The number of aromatic nitrogens is 4. The van der Waals surface area contributed by atoms with Gasteiger partial charge in [0.2, 0.25) is 0 Å². The lowest BCUT2D eigenvalue weighted by Crippen LogP contribution is -2.35. The molecule has 1 aliphatic rings. The minimum atomic E-state index is 0.178. The van der Waals surface area contributed by atoms with Crippen molar-refractivity contribution in [2.45, 2.75) is 39.5 Å². The molecule has 1 aliphatic heterocycles. The average Bonchev–Trinajstić information content (AvgIpc) is 3.32. The summed E-state index contributed by atoms with van der Waals surface area (Å²) in [7, 11) is 0. The molecule has 0 saturated heterocycles. The summed E-state index contributed by atoms with van der Waals surface area (Å²) in [6, 6.07) is 8.00. The SMILES string of the molecule is CC(C)N1CCc2c(sc3ncn4nc(CON=Cc5ccccc5Cl)nc4c23)C1. The largest absolute Gasteiger partial charge is 0.387 e. The lowest BCUT2D eigenvalue weighted by molar-refractivity contribution is 0.126. The highest BCUT2D eigenvalue weighted by Crippen LogP contribution is 2.36. The maximum atomic E-state index is 6.12. The molecule has 5 rings (SSSR count). The molecule has 3 aromatic heterocycles. The standard InChI is InChI=1S/C21H21ClN6OS/c1-13(2)27-8-7-15-17(10-27)30-21-19(15)20-25-18(26-28(20)12-23-21)11-29-24-9-14-5-3-4-6-16(14)22/h3-6,9,12-13H,7-8,10-11H2,1-2H3. The van der Waals surface area contributed by atoms with Crippen LogP contribution in [0.3, 0.4) is 0 Å². The van der Waals surface area contributed by atoms with Crippen LogP contribution in [0, 0.1) is 0 Å². The summed E-state index contributed by atoms with van der Waals surface area (Å²) in [4.78, 5) is 19.6. The number of halogens is 1. The number of hydrogen-bond donors (Lipinski definition) is 0. The Hall–Kier alpha value is -2.55. The van der Waals surface area contributed by atoms with Crippen LogP contribution in [0.5, 0.6) is 0 Å². The van der Waals surface area contributed by atoms with Gasteiger partial charge in [0.15, 0.2) is 18.1 Å². The second kappa shape index (κ2) is 7.94. The van der Waals surface area contributed by atoms with Crippen molar-refractivity contribution in [2.75, 3.05) is 6.54 Å². The molecule has 1 aromatic carbocycles. The predicted molar refractivity (Wildman–Crippen MR) is 119 cm³/mol. The van der Waals surface area contributed by atoms with Crippen LogP contribution in [-0.4, -0.2) is 43.3 Å². The number of benzene rings is 1. The molecule has 0 fully saturated rings. The summed E-state index contributed by atoms with van der Waals surface area (Å²) >= 11 is 7.88. The molecule has 4 heterocycles. The molecule has 0 spiro atoms. The second-order valence-electron chi connectivity index (χ2n) is 7.57. The number of rotatable bonds is 5. The van der Waals surface area contributed by atoms with Crippen molar-refractivity contribution < 1.29 is 4.84 Å². The molecule has 0 bridgehead atoms. The summed E-state index contributed by atoms with van der Waals surface area (Å²) in [6.07, 6.45) is 4.33. The van der Waals surface area contributed by atoms with Crippen molar-refractivity contribution in [2.24, 2.45) is 5.16 Å². The second-order valence-corrected chi connectivity index (χ2v) is 9.06. The normalized spacial score (nSPS) is 14.9. The first-order valence-electron chi connectivity index (χ1n) is 9.88. The number of thiophene rings is 1. The van der Waals surface area contributed by atoms with Gasteiger partial charge in [-0.2, -0.15) is 0 Å². The van der Waals surface area contributed by atoms with Gasteiger partial charge in [-0.3, -0.25) is 4.90 Å². The Bertz CT molecular complexity index is 1250. The molecule has 9 heteroatoms. The molecule has 30 heavy (non-hydrogen) atoms. The molecule has 0 unspecified atom stereocenters. The molecule has 0 amide bonds. The van der Waals surface area contributed by atoms with Gasteiger partial charge in [0.1, 0.15) is 11.2 Å². The molecule has 0 saturated carbocycles. The van der Waals surface area contributed by atoms with Crippen molar-refractivity contribution in [3.63, 3.8) is 0 Å². The predicted octanol–water partition coefficient (Wildman–Crippen LogP) is 4.31. The molecule has 154 valence electrons. The Kier molecular flexibility index (Phi) is 5.14. The zero-order valence-electron chi connectivity index (χ0n) is 16.7. The maximum absolute atomic E-state index is 6.12. The van der Waals surface area contributed by atoms with E-state index in [2.05, 4.69) is 34.0 Å². The van der Waals surface area contributed by atoms with Crippen molar-refractivity contribution in [1.82, 2.24) is 24.5 Å². The fourth-order valence-corrected chi connectivity index (χ4v) is 5.12. The summed E-state index contributed by atoms with van der Waals surface area (Å²) in [5.74, 6) is 0.570. The van der Waals surface area contributed by atoms with Crippen LogP contribution in [0.2, 0.25) is 5.02 Å². The van der Waals surface area contributed by atoms with E-state index in [1.54, 1.807) is 28.4 Å². The molecular formula is C21H21ClN6OS. The van der Waals surface area contributed by atoms with Crippen LogP contribution in [0.25, 0.3) is 15.9 Å². The third-order valence-electron chi connectivity index (χ3n) is 5.35. The van der Waals surface area contributed by atoms with E-state index < -0.39 is 0 Å². The maximum Gasteiger partial charge on any atom is 0.192 e. The number of nitrogens with zero attached hydrogens (tertiary/aromatic N) is 6. The van der Waals surface area contributed by atoms with Gasteiger partial charge in [0.05, 0.1) is 11.6 Å².